The molecule has 0 aromatic heterocycles. The molecule has 0 unspecified atom stereocenters. The Labute approximate surface area is 98.2 Å². The van der Waals surface area contributed by atoms with Gasteiger partial charge in [-0.1, -0.05) is 6.08 Å². The van der Waals surface area contributed by atoms with Gasteiger partial charge in [0.2, 0.25) is 0 Å². The highest BCUT2D eigenvalue weighted by Gasteiger charge is 2.36. The largest absolute Gasteiger partial charge is 0.444 e. The molecule has 1 amide bonds. The summed E-state index contributed by atoms with van der Waals surface area (Å²) in [5, 5.41) is 0. The molecular formula is C11H16F3NO2. The standard InChI is InChI=1S/C11H16F3NO2/c1-10(2,3)17-9(16)15-6-4-8(5-7-15)11(12,13)14/h4H,5-7H2,1-3H3. The van der Waals surface area contributed by atoms with Crippen LogP contribution in [0.2, 0.25) is 0 Å². The van der Waals surface area contributed by atoms with Crippen molar-refractivity contribution in [3.8, 4) is 0 Å². The zero-order chi connectivity index (χ0) is 13.3. The van der Waals surface area contributed by atoms with Gasteiger partial charge in [0.1, 0.15) is 5.60 Å². The summed E-state index contributed by atoms with van der Waals surface area (Å²) in [6.45, 7) is 5.13. The fourth-order valence-electron chi connectivity index (χ4n) is 1.42. The van der Waals surface area contributed by atoms with E-state index in [9.17, 15) is 18.0 Å². The summed E-state index contributed by atoms with van der Waals surface area (Å²) in [4.78, 5) is 12.8. The van der Waals surface area contributed by atoms with Crippen molar-refractivity contribution in [2.24, 2.45) is 0 Å². The van der Waals surface area contributed by atoms with Crippen LogP contribution in [0.3, 0.4) is 0 Å². The first-order valence-corrected chi connectivity index (χ1v) is 5.34. The number of rotatable bonds is 0. The van der Waals surface area contributed by atoms with Crippen molar-refractivity contribution in [3.63, 3.8) is 0 Å². The van der Waals surface area contributed by atoms with Gasteiger partial charge < -0.3 is 9.64 Å². The highest BCUT2D eigenvalue weighted by Crippen LogP contribution is 2.30. The van der Waals surface area contributed by atoms with Crippen LogP contribution in [0, 0.1) is 0 Å². The quantitative estimate of drug-likeness (QED) is 0.619. The van der Waals surface area contributed by atoms with E-state index < -0.39 is 23.4 Å². The minimum Gasteiger partial charge on any atom is -0.444 e. The molecule has 98 valence electrons. The average Bonchev–Trinajstić information content (AvgIpc) is 2.14. The van der Waals surface area contributed by atoms with E-state index in [-0.39, 0.29) is 19.5 Å². The monoisotopic (exact) mass is 251 g/mol. The summed E-state index contributed by atoms with van der Waals surface area (Å²) in [5.74, 6) is 0. The molecule has 0 radical (unpaired) electrons. The van der Waals surface area contributed by atoms with E-state index in [0.29, 0.717) is 0 Å². The van der Waals surface area contributed by atoms with Crippen LogP contribution in [0.1, 0.15) is 27.2 Å². The van der Waals surface area contributed by atoms with Gasteiger partial charge in [-0.3, -0.25) is 0 Å². The molecule has 0 fully saturated rings. The summed E-state index contributed by atoms with van der Waals surface area (Å²) >= 11 is 0. The normalized spacial score (nSPS) is 17.8. The Kier molecular flexibility index (Phi) is 3.74. The highest BCUT2D eigenvalue weighted by atomic mass is 19.4. The molecule has 1 heterocycles. The van der Waals surface area contributed by atoms with Crippen molar-refractivity contribution >= 4 is 6.09 Å². The van der Waals surface area contributed by atoms with Crippen LogP contribution >= 0.6 is 0 Å². The van der Waals surface area contributed by atoms with Gasteiger partial charge in [0.25, 0.3) is 0 Å². The molecule has 0 saturated heterocycles. The molecule has 1 aliphatic heterocycles. The van der Waals surface area contributed by atoms with Gasteiger partial charge in [-0.2, -0.15) is 13.2 Å². The summed E-state index contributed by atoms with van der Waals surface area (Å²) in [6, 6.07) is 0. The number of carbonyl (C=O) groups is 1. The van der Waals surface area contributed by atoms with Gasteiger partial charge in [0.15, 0.2) is 0 Å². The topological polar surface area (TPSA) is 29.5 Å². The molecule has 0 atom stereocenters. The third kappa shape index (κ3) is 4.28. The van der Waals surface area contributed by atoms with Crippen LogP contribution in [0.4, 0.5) is 18.0 Å². The van der Waals surface area contributed by atoms with E-state index in [1.807, 2.05) is 0 Å². The minimum atomic E-state index is -4.29. The Balaban J connectivity index is 2.58. The van der Waals surface area contributed by atoms with Crippen LogP contribution in [0.15, 0.2) is 11.6 Å². The van der Waals surface area contributed by atoms with Crippen LogP contribution in [0.25, 0.3) is 0 Å². The number of nitrogens with zero attached hydrogens (tertiary/aromatic N) is 1. The molecule has 0 aliphatic carbocycles. The van der Waals surface area contributed by atoms with Gasteiger partial charge in [0.05, 0.1) is 0 Å². The zero-order valence-corrected chi connectivity index (χ0v) is 10.1. The number of hydrogen-bond acceptors (Lipinski definition) is 2. The molecule has 0 N–H and O–H groups in total. The minimum absolute atomic E-state index is 0.0419. The Bertz CT molecular complexity index is 329. The first-order chi connectivity index (χ1) is 7.59. The van der Waals surface area contributed by atoms with Gasteiger partial charge >= 0.3 is 12.3 Å². The lowest BCUT2D eigenvalue weighted by atomic mass is 10.1. The maximum absolute atomic E-state index is 12.3. The fourth-order valence-corrected chi connectivity index (χ4v) is 1.42. The molecule has 0 aromatic rings. The number of ether oxygens (including phenoxy) is 1. The van der Waals surface area contributed by atoms with Gasteiger partial charge in [-0.15, -0.1) is 0 Å². The molecule has 1 aliphatic rings. The predicted octanol–water partition coefficient (Wildman–Crippen LogP) is 3.12. The summed E-state index contributed by atoms with van der Waals surface area (Å²) in [5.41, 5.74) is -1.21. The van der Waals surface area contributed by atoms with E-state index in [4.69, 9.17) is 4.74 Å². The third-order valence-electron chi connectivity index (χ3n) is 2.22. The van der Waals surface area contributed by atoms with E-state index in [2.05, 4.69) is 0 Å². The SMILES string of the molecule is CC(C)(C)OC(=O)N1CC=C(C(F)(F)F)CC1. The molecule has 0 aromatic carbocycles. The molecule has 0 spiro atoms. The second kappa shape index (κ2) is 4.58. The van der Waals surface area contributed by atoms with E-state index in [1.165, 1.54) is 4.90 Å². The number of halogens is 3. The van der Waals surface area contributed by atoms with E-state index in [0.717, 1.165) is 6.08 Å². The number of hydrogen-bond donors (Lipinski definition) is 0. The molecule has 3 nitrogen and oxygen atoms in total. The summed E-state index contributed by atoms with van der Waals surface area (Å²) in [6.07, 6.45) is -4.01. The van der Waals surface area contributed by atoms with Crippen molar-refractivity contribution in [2.75, 3.05) is 13.1 Å². The zero-order valence-electron chi connectivity index (χ0n) is 10.1. The van der Waals surface area contributed by atoms with Gasteiger partial charge in [0, 0.05) is 18.7 Å². The number of carbonyl (C=O) groups excluding carboxylic acids is 1. The average molecular weight is 251 g/mol. The second-order valence-corrected chi connectivity index (χ2v) is 4.90. The maximum atomic E-state index is 12.3. The summed E-state index contributed by atoms with van der Waals surface area (Å²) in [7, 11) is 0. The molecule has 1 rings (SSSR count). The molecular weight excluding hydrogens is 235 g/mol. The predicted molar refractivity (Wildman–Crippen MR) is 56.6 cm³/mol. The Morgan fingerprint density at radius 3 is 2.29 bits per heavy atom. The Morgan fingerprint density at radius 1 is 1.35 bits per heavy atom. The van der Waals surface area contributed by atoms with Crippen LogP contribution in [-0.2, 0) is 4.74 Å². The fraction of sp³-hybridized carbons (Fsp3) is 0.727. The Morgan fingerprint density at radius 2 is 1.94 bits per heavy atom. The second-order valence-electron chi connectivity index (χ2n) is 4.90. The molecule has 0 saturated carbocycles. The summed E-state index contributed by atoms with van der Waals surface area (Å²) < 4.78 is 42.1. The lowest BCUT2D eigenvalue weighted by molar-refractivity contribution is -0.0961. The number of amides is 1. The molecule has 0 bridgehead atoms. The van der Waals surface area contributed by atoms with E-state index >= 15 is 0 Å². The highest BCUT2D eigenvalue weighted by molar-refractivity contribution is 5.68. The molecule has 6 heteroatoms. The maximum Gasteiger partial charge on any atom is 0.412 e. The third-order valence-corrected chi connectivity index (χ3v) is 2.22. The smallest absolute Gasteiger partial charge is 0.412 e. The Hall–Kier alpha value is -1.20. The van der Waals surface area contributed by atoms with Crippen LogP contribution in [-0.4, -0.2) is 35.9 Å². The van der Waals surface area contributed by atoms with Crippen molar-refractivity contribution in [1.29, 1.82) is 0 Å². The van der Waals surface area contributed by atoms with Gasteiger partial charge in [-0.05, 0) is 27.2 Å². The van der Waals surface area contributed by atoms with Crippen molar-refractivity contribution in [3.05, 3.63) is 11.6 Å². The van der Waals surface area contributed by atoms with Gasteiger partial charge in [-0.25, -0.2) is 4.79 Å². The van der Waals surface area contributed by atoms with Crippen LogP contribution < -0.4 is 0 Å². The molecule has 17 heavy (non-hydrogen) atoms. The first kappa shape index (κ1) is 13.9. The van der Waals surface area contributed by atoms with Crippen molar-refractivity contribution in [2.45, 2.75) is 39.0 Å². The van der Waals surface area contributed by atoms with Crippen molar-refractivity contribution < 1.29 is 22.7 Å². The number of alkyl halides is 3. The first-order valence-electron chi connectivity index (χ1n) is 5.34. The lowest BCUT2D eigenvalue weighted by Crippen LogP contribution is -2.40. The lowest BCUT2D eigenvalue weighted by Gasteiger charge is -2.29. The van der Waals surface area contributed by atoms with Crippen LogP contribution in [0.5, 0.6) is 0 Å². The van der Waals surface area contributed by atoms with E-state index in [1.54, 1.807) is 20.8 Å². The van der Waals surface area contributed by atoms with Crippen molar-refractivity contribution in [1.82, 2.24) is 4.90 Å².